The molecule has 0 aliphatic carbocycles. The molecule has 3 aromatic rings. The molecular formula is C26H31NO4. The van der Waals surface area contributed by atoms with E-state index in [1.807, 2.05) is 37.3 Å². The van der Waals surface area contributed by atoms with Crippen molar-refractivity contribution >= 4 is 10.8 Å². The maximum Gasteiger partial charge on any atom is 0.135 e. The van der Waals surface area contributed by atoms with Gasteiger partial charge in [-0.05, 0) is 69.0 Å². The topological polar surface area (TPSA) is 51.2 Å². The summed E-state index contributed by atoms with van der Waals surface area (Å²) in [5.41, 5.74) is 4.93. The molecule has 0 spiro atoms. The van der Waals surface area contributed by atoms with E-state index in [1.165, 1.54) is 0 Å². The van der Waals surface area contributed by atoms with E-state index in [0.717, 1.165) is 62.3 Å². The SMILES string of the molecule is COc1c(-c2c(C)cc(OC)c3c(OC)cccc23)c(O)cc2c1[C@@H](C)N(C)[C@@H](C)C2. The second-order valence-electron chi connectivity index (χ2n) is 8.42. The average Bonchev–Trinajstić information content (AvgIpc) is 2.76. The molecule has 0 amide bonds. The molecule has 0 unspecified atom stereocenters. The molecule has 0 fully saturated rings. The van der Waals surface area contributed by atoms with Crippen molar-refractivity contribution in [1.29, 1.82) is 0 Å². The molecule has 164 valence electrons. The molecule has 2 atom stereocenters. The monoisotopic (exact) mass is 421 g/mol. The van der Waals surface area contributed by atoms with Crippen LogP contribution in [0.3, 0.4) is 0 Å². The van der Waals surface area contributed by atoms with Crippen molar-refractivity contribution in [1.82, 2.24) is 4.90 Å². The summed E-state index contributed by atoms with van der Waals surface area (Å²) in [4.78, 5) is 2.35. The fourth-order valence-electron chi connectivity index (χ4n) is 5.05. The minimum Gasteiger partial charge on any atom is -0.507 e. The number of likely N-dealkylation sites (N-methyl/N-ethyl adjacent to an activating group) is 1. The van der Waals surface area contributed by atoms with Crippen molar-refractivity contribution in [3.63, 3.8) is 0 Å². The fourth-order valence-corrected chi connectivity index (χ4v) is 5.05. The van der Waals surface area contributed by atoms with Crippen LogP contribution in [0.4, 0.5) is 0 Å². The van der Waals surface area contributed by atoms with Crippen LogP contribution in [-0.4, -0.2) is 44.4 Å². The van der Waals surface area contributed by atoms with Gasteiger partial charge in [0.05, 0.1) is 32.3 Å². The lowest BCUT2D eigenvalue weighted by Crippen LogP contribution is -2.38. The highest BCUT2D eigenvalue weighted by atomic mass is 16.5. The number of fused-ring (bicyclic) bond motifs is 2. The smallest absolute Gasteiger partial charge is 0.135 e. The molecule has 5 nitrogen and oxygen atoms in total. The first-order chi connectivity index (χ1) is 14.8. The number of rotatable bonds is 4. The van der Waals surface area contributed by atoms with Gasteiger partial charge in [0.25, 0.3) is 0 Å². The molecule has 1 heterocycles. The predicted octanol–water partition coefficient (Wildman–Crippen LogP) is 5.48. The summed E-state index contributed by atoms with van der Waals surface area (Å²) in [6, 6.07) is 10.4. The number of phenols is 1. The summed E-state index contributed by atoms with van der Waals surface area (Å²) < 4.78 is 17.3. The van der Waals surface area contributed by atoms with Crippen molar-refractivity contribution in [2.24, 2.45) is 0 Å². The van der Waals surface area contributed by atoms with Gasteiger partial charge < -0.3 is 19.3 Å². The number of hydrogen-bond donors (Lipinski definition) is 1. The summed E-state index contributed by atoms with van der Waals surface area (Å²) in [7, 11) is 7.15. The van der Waals surface area contributed by atoms with Crippen molar-refractivity contribution < 1.29 is 19.3 Å². The Hall–Kier alpha value is -2.92. The normalized spacial score (nSPS) is 18.7. The molecule has 1 N–H and O–H groups in total. The first-order valence-electron chi connectivity index (χ1n) is 10.6. The molecule has 0 aromatic heterocycles. The molecule has 4 rings (SSSR count). The number of hydrogen-bond acceptors (Lipinski definition) is 5. The number of phenolic OH excluding ortho intramolecular Hbond substituents is 1. The standard InChI is InChI=1S/C26H31NO4/c1-14-11-21(30-6)24-18(9-8-10-20(24)29-5)22(14)25-19(28)13-17-12-15(2)27(4)16(3)23(17)26(25)31-7/h8-11,13,15-16,28H,12H2,1-7H3/t15-,16+/m0/s1. The Balaban J connectivity index is 2.12. The number of aryl methyl sites for hydroxylation is 1. The Morgan fingerprint density at radius 2 is 1.68 bits per heavy atom. The third kappa shape index (κ3) is 3.19. The number of benzene rings is 3. The molecule has 0 saturated heterocycles. The summed E-state index contributed by atoms with van der Waals surface area (Å²) in [6.45, 7) is 6.44. The van der Waals surface area contributed by atoms with Gasteiger partial charge in [-0.2, -0.15) is 0 Å². The van der Waals surface area contributed by atoms with Crippen LogP contribution < -0.4 is 14.2 Å². The van der Waals surface area contributed by atoms with Crippen LogP contribution in [0.1, 0.15) is 36.6 Å². The van der Waals surface area contributed by atoms with E-state index in [4.69, 9.17) is 14.2 Å². The lowest BCUT2D eigenvalue weighted by atomic mass is 9.83. The van der Waals surface area contributed by atoms with E-state index in [9.17, 15) is 5.11 Å². The van der Waals surface area contributed by atoms with E-state index in [1.54, 1.807) is 21.3 Å². The van der Waals surface area contributed by atoms with Crippen LogP contribution in [0.5, 0.6) is 23.0 Å². The highest BCUT2D eigenvalue weighted by Gasteiger charge is 2.33. The zero-order valence-electron chi connectivity index (χ0n) is 19.4. The Morgan fingerprint density at radius 1 is 0.968 bits per heavy atom. The molecule has 3 aromatic carbocycles. The van der Waals surface area contributed by atoms with Crippen LogP contribution in [0, 0.1) is 6.92 Å². The molecule has 1 aliphatic heterocycles. The Morgan fingerprint density at radius 3 is 2.32 bits per heavy atom. The lowest BCUT2D eigenvalue weighted by Gasteiger charge is -2.39. The summed E-state index contributed by atoms with van der Waals surface area (Å²) in [5.74, 6) is 2.44. The van der Waals surface area contributed by atoms with Crippen molar-refractivity contribution in [3.05, 3.63) is 47.0 Å². The van der Waals surface area contributed by atoms with Crippen molar-refractivity contribution in [2.45, 2.75) is 39.3 Å². The predicted molar refractivity (Wildman–Crippen MR) is 125 cm³/mol. The molecule has 0 radical (unpaired) electrons. The second kappa shape index (κ2) is 7.97. The third-order valence-corrected chi connectivity index (χ3v) is 6.80. The van der Waals surface area contributed by atoms with E-state index in [-0.39, 0.29) is 11.8 Å². The number of aromatic hydroxyl groups is 1. The van der Waals surface area contributed by atoms with Gasteiger partial charge in [0, 0.05) is 23.2 Å². The molecule has 5 heteroatoms. The van der Waals surface area contributed by atoms with Gasteiger partial charge in [-0.15, -0.1) is 0 Å². The van der Waals surface area contributed by atoms with Gasteiger partial charge in [0.2, 0.25) is 0 Å². The first-order valence-corrected chi connectivity index (χ1v) is 10.6. The number of methoxy groups -OCH3 is 3. The third-order valence-electron chi connectivity index (χ3n) is 6.80. The summed E-state index contributed by atoms with van der Waals surface area (Å²) >= 11 is 0. The largest absolute Gasteiger partial charge is 0.507 e. The van der Waals surface area contributed by atoms with Crippen LogP contribution in [0.15, 0.2) is 30.3 Å². The maximum atomic E-state index is 11.3. The molecule has 31 heavy (non-hydrogen) atoms. The molecule has 0 bridgehead atoms. The van der Waals surface area contributed by atoms with Crippen LogP contribution in [0.25, 0.3) is 21.9 Å². The maximum absolute atomic E-state index is 11.3. The van der Waals surface area contributed by atoms with Crippen LogP contribution in [0.2, 0.25) is 0 Å². The van der Waals surface area contributed by atoms with Gasteiger partial charge in [0.15, 0.2) is 0 Å². The van der Waals surface area contributed by atoms with Gasteiger partial charge in [-0.25, -0.2) is 0 Å². The minimum atomic E-state index is 0.174. The fraction of sp³-hybridized carbons (Fsp3) is 0.385. The van der Waals surface area contributed by atoms with E-state index in [0.29, 0.717) is 6.04 Å². The molecular weight excluding hydrogens is 390 g/mol. The van der Waals surface area contributed by atoms with Gasteiger partial charge >= 0.3 is 0 Å². The highest BCUT2D eigenvalue weighted by Crippen LogP contribution is 2.52. The highest BCUT2D eigenvalue weighted by molar-refractivity contribution is 6.07. The molecule has 0 saturated carbocycles. The Kier molecular flexibility index (Phi) is 5.48. The summed E-state index contributed by atoms with van der Waals surface area (Å²) in [6.07, 6.45) is 0.872. The number of nitrogens with zero attached hydrogens (tertiary/aromatic N) is 1. The quantitative estimate of drug-likeness (QED) is 0.604. The minimum absolute atomic E-state index is 0.174. The molecule has 1 aliphatic rings. The summed E-state index contributed by atoms with van der Waals surface area (Å²) in [5, 5.41) is 13.1. The zero-order valence-corrected chi connectivity index (χ0v) is 19.4. The Bertz CT molecular complexity index is 1150. The van der Waals surface area contributed by atoms with E-state index < -0.39 is 0 Å². The van der Waals surface area contributed by atoms with Gasteiger partial charge in [0.1, 0.15) is 23.0 Å². The van der Waals surface area contributed by atoms with Crippen LogP contribution in [-0.2, 0) is 6.42 Å². The zero-order chi connectivity index (χ0) is 22.4. The van der Waals surface area contributed by atoms with Gasteiger partial charge in [-0.3, -0.25) is 4.90 Å². The Labute approximate surface area is 184 Å². The average molecular weight is 422 g/mol. The second-order valence-corrected chi connectivity index (χ2v) is 8.42. The van der Waals surface area contributed by atoms with Gasteiger partial charge in [-0.1, -0.05) is 12.1 Å². The number of ether oxygens (including phenoxy) is 3. The van der Waals surface area contributed by atoms with Crippen molar-refractivity contribution in [2.75, 3.05) is 28.4 Å². The van der Waals surface area contributed by atoms with Crippen molar-refractivity contribution in [3.8, 4) is 34.1 Å². The lowest BCUT2D eigenvalue weighted by molar-refractivity contribution is 0.175. The van der Waals surface area contributed by atoms with E-state index in [2.05, 4.69) is 25.8 Å². The first kappa shape index (κ1) is 21.3. The van der Waals surface area contributed by atoms with Crippen LogP contribution >= 0.6 is 0 Å². The van der Waals surface area contributed by atoms with E-state index >= 15 is 0 Å².